The second-order valence-electron chi connectivity index (χ2n) is 4.48. The quantitative estimate of drug-likeness (QED) is 0.792. The van der Waals surface area contributed by atoms with Crippen molar-refractivity contribution in [1.82, 2.24) is 9.55 Å². The third kappa shape index (κ3) is 2.38. The Kier molecular flexibility index (Phi) is 3.69. The molecule has 0 aliphatic carbocycles. The minimum atomic E-state index is 0.476. The monoisotopic (exact) mass is 258 g/mol. The van der Waals surface area contributed by atoms with Crippen molar-refractivity contribution in [3.8, 4) is 17.0 Å². The summed E-state index contributed by atoms with van der Waals surface area (Å²) in [4.78, 5) is 15.4. The molecule has 1 aromatic heterocycles. The van der Waals surface area contributed by atoms with Gasteiger partial charge in [0, 0.05) is 12.6 Å². The Balaban J connectivity index is 2.53. The van der Waals surface area contributed by atoms with E-state index >= 15 is 0 Å². The van der Waals surface area contributed by atoms with E-state index in [2.05, 4.69) is 4.98 Å². The van der Waals surface area contributed by atoms with Crippen LogP contribution in [-0.4, -0.2) is 22.4 Å². The number of hydrogen-bond acceptors (Lipinski definition) is 3. The number of ether oxygens (including phenoxy) is 1. The topological polar surface area (TPSA) is 44.1 Å². The third-order valence-corrected chi connectivity index (χ3v) is 3.21. The van der Waals surface area contributed by atoms with Gasteiger partial charge in [-0.2, -0.15) is 0 Å². The molecule has 4 heteroatoms. The fraction of sp³-hybridized carbons (Fsp3) is 0.333. The number of aromatic nitrogens is 2. The number of aryl methyl sites for hydroxylation is 2. The summed E-state index contributed by atoms with van der Waals surface area (Å²) in [7, 11) is 1.91. The zero-order chi connectivity index (χ0) is 14.0. The molecule has 2 aromatic rings. The van der Waals surface area contributed by atoms with E-state index in [-0.39, 0.29) is 0 Å². The molecule has 0 bridgehead atoms. The first kappa shape index (κ1) is 13.3. The van der Waals surface area contributed by atoms with Gasteiger partial charge >= 0.3 is 0 Å². The number of nitrogens with zero attached hydrogens (tertiary/aromatic N) is 2. The number of hydrogen-bond donors (Lipinski definition) is 0. The summed E-state index contributed by atoms with van der Waals surface area (Å²) in [6.45, 7) is 6.49. The van der Waals surface area contributed by atoms with Crippen LogP contribution >= 0.6 is 0 Å². The molecule has 0 aliphatic heterocycles. The van der Waals surface area contributed by atoms with Crippen molar-refractivity contribution in [3.05, 3.63) is 35.3 Å². The molecule has 0 saturated carbocycles. The van der Waals surface area contributed by atoms with Crippen LogP contribution in [0.2, 0.25) is 0 Å². The molecule has 0 radical (unpaired) electrons. The molecule has 2 rings (SSSR count). The van der Waals surface area contributed by atoms with E-state index in [0.717, 1.165) is 34.7 Å². The van der Waals surface area contributed by atoms with Crippen molar-refractivity contribution in [1.29, 1.82) is 0 Å². The van der Waals surface area contributed by atoms with Crippen molar-refractivity contribution in [2.75, 3.05) is 6.61 Å². The zero-order valence-corrected chi connectivity index (χ0v) is 11.7. The number of rotatable bonds is 4. The van der Waals surface area contributed by atoms with Gasteiger partial charge in [-0.1, -0.05) is 0 Å². The van der Waals surface area contributed by atoms with Crippen LogP contribution in [0, 0.1) is 13.8 Å². The molecule has 100 valence electrons. The van der Waals surface area contributed by atoms with Crippen LogP contribution in [0.15, 0.2) is 18.2 Å². The van der Waals surface area contributed by atoms with Crippen LogP contribution in [0.4, 0.5) is 0 Å². The van der Waals surface area contributed by atoms with Crippen LogP contribution in [0.25, 0.3) is 11.3 Å². The van der Waals surface area contributed by atoms with Crippen molar-refractivity contribution in [2.45, 2.75) is 20.8 Å². The summed E-state index contributed by atoms with van der Waals surface area (Å²) in [5.41, 5.74) is 3.35. The van der Waals surface area contributed by atoms with Gasteiger partial charge in [0.1, 0.15) is 17.3 Å². The van der Waals surface area contributed by atoms with Gasteiger partial charge in [-0.25, -0.2) is 4.98 Å². The second-order valence-corrected chi connectivity index (χ2v) is 4.48. The molecular formula is C15H18N2O2. The van der Waals surface area contributed by atoms with Gasteiger partial charge in [0.25, 0.3) is 0 Å². The van der Waals surface area contributed by atoms with E-state index in [1.54, 1.807) is 0 Å². The highest BCUT2D eigenvalue weighted by Gasteiger charge is 2.14. The summed E-state index contributed by atoms with van der Waals surface area (Å²) < 4.78 is 7.46. The molecule has 0 amide bonds. The SMILES string of the molecule is CCOc1ccc(-c2c(C=O)nc(C)n2C)cc1C. The van der Waals surface area contributed by atoms with Crippen LogP contribution in [0.1, 0.15) is 28.8 Å². The number of carbonyl (C=O) groups is 1. The van der Waals surface area contributed by atoms with Gasteiger partial charge in [0.2, 0.25) is 0 Å². The summed E-state index contributed by atoms with van der Waals surface area (Å²) in [5, 5.41) is 0. The van der Waals surface area contributed by atoms with Crippen LogP contribution < -0.4 is 4.74 Å². The molecule has 0 unspecified atom stereocenters. The highest BCUT2D eigenvalue weighted by molar-refractivity contribution is 5.84. The van der Waals surface area contributed by atoms with Crippen molar-refractivity contribution < 1.29 is 9.53 Å². The van der Waals surface area contributed by atoms with E-state index in [9.17, 15) is 4.79 Å². The molecule has 4 nitrogen and oxygen atoms in total. The summed E-state index contributed by atoms with van der Waals surface area (Å²) in [6, 6.07) is 5.92. The molecule has 0 aliphatic rings. The van der Waals surface area contributed by atoms with Gasteiger partial charge in [0.05, 0.1) is 12.3 Å². The lowest BCUT2D eigenvalue weighted by Gasteiger charge is -2.10. The number of carbonyl (C=O) groups excluding carboxylic acids is 1. The number of benzene rings is 1. The maximum Gasteiger partial charge on any atom is 0.170 e. The predicted molar refractivity (Wildman–Crippen MR) is 74.7 cm³/mol. The first-order valence-corrected chi connectivity index (χ1v) is 6.30. The minimum Gasteiger partial charge on any atom is -0.494 e. The van der Waals surface area contributed by atoms with Gasteiger partial charge in [-0.05, 0) is 44.5 Å². The number of imidazole rings is 1. The molecule has 0 fully saturated rings. The molecule has 0 N–H and O–H groups in total. The lowest BCUT2D eigenvalue weighted by atomic mass is 10.1. The molecule has 19 heavy (non-hydrogen) atoms. The largest absolute Gasteiger partial charge is 0.494 e. The van der Waals surface area contributed by atoms with Gasteiger partial charge in [-0.15, -0.1) is 0 Å². The normalized spacial score (nSPS) is 10.5. The highest BCUT2D eigenvalue weighted by atomic mass is 16.5. The van der Waals surface area contributed by atoms with E-state index < -0.39 is 0 Å². The minimum absolute atomic E-state index is 0.476. The first-order chi connectivity index (χ1) is 9.08. The fourth-order valence-corrected chi connectivity index (χ4v) is 2.17. The summed E-state index contributed by atoms with van der Waals surface area (Å²) >= 11 is 0. The van der Waals surface area contributed by atoms with E-state index in [1.807, 2.05) is 50.6 Å². The van der Waals surface area contributed by atoms with Gasteiger partial charge < -0.3 is 9.30 Å². The lowest BCUT2D eigenvalue weighted by molar-refractivity contribution is 0.112. The van der Waals surface area contributed by atoms with Crippen LogP contribution in [0.5, 0.6) is 5.75 Å². The molecule has 1 aromatic carbocycles. The molecule has 0 spiro atoms. The number of aldehydes is 1. The maximum absolute atomic E-state index is 11.1. The Morgan fingerprint density at radius 3 is 2.68 bits per heavy atom. The van der Waals surface area contributed by atoms with E-state index in [0.29, 0.717) is 12.3 Å². The van der Waals surface area contributed by atoms with E-state index in [4.69, 9.17) is 4.74 Å². The first-order valence-electron chi connectivity index (χ1n) is 6.30. The highest BCUT2D eigenvalue weighted by Crippen LogP contribution is 2.28. The average molecular weight is 258 g/mol. The third-order valence-electron chi connectivity index (χ3n) is 3.21. The van der Waals surface area contributed by atoms with Crippen molar-refractivity contribution in [2.24, 2.45) is 7.05 Å². The Morgan fingerprint density at radius 1 is 1.37 bits per heavy atom. The molecule has 0 atom stereocenters. The van der Waals surface area contributed by atoms with Crippen LogP contribution in [0.3, 0.4) is 0 Å². The molecule has 1 heterocycles. The van der Waals surface area contributed by atoms with E-state index in [1.165, 1.54) is 0 Å². The van der Waals surface area contributed by atoms with Crippen LogP contribution in [-0.2, 0) is 7.05 Å². The Hall–Kier alpha value is -2.10. The summed E-state index contributed by atoms with van der Waals surface area (Å²) in [5.74, 6) is 1.70. The lowest BCUT2D eigenvalue weighted by Crippen LogP contribution is -1.98. The Morgan fingerprint density at radius 2 is 2.11 bits per heavy atom. The standard InChI is InChI=1S/C15H18N2O2/c1-5-19-14-7-6-12(8-10(14)2)15-13(9-18)16-11(3)17(15)4/h6-9H,5H2,1-4H3. The molecule has 0 saturated heterocycles. The van der Waals surface area contributed by atoms with Crippen molar-refractivity contribution in [3.63, 3.8) is 0 Å². The van der Waals surface area contributed by atoms with Gasteiger partial charge in [-0.3, -0.25) is 4.79 Å². The zero-order valence-electron chi connectivity index (χ0n) is 11.7. The second kappa shape index (κ2) is 5.26. The maximum atomic E-state index is 11.1. The fourth-order valence-electron chi connectivity index (χ4n) is 2.17. The summed E-state index contributed by atoms with van der Waals surface area (Å²) in [6.07, 6.45) is 0.800. The van der Waals surface area contributed by atoms with Gasteiger partial charge in [0.15, 0.2) is 6.29 Å². The average Bonchev–Trinajstić information content (AvgIpc) is 2.68. The Labute approximate surface area is 113 Å². The smallest absolute Gasteiger partial charge is 0.170 e. The molecular weight excluding hydrogens is 240 g/mol. The van der Waals surface area contributed by atoms with Crippen molar-refractivity contribution >= 4 is 6.29 Å². The predicted octanol–water partition coefficient (Wildman–Crippen LogP) is 2.92. The Bertz CT molecular complexity index is 615.